The molecule has 6 nitrogen and oxygen atoms in total. The number of carbonyl (C=O) groups is 1. The van der Waals surface area contributed by atoms with Gasteiger partial charge in [-0.1, -0.05) is 16.9 Å². The van der Waals surface area contributed by atoms with Crippen LogP contribution in [0.2, 0.25) is 0 Å². The summed E-state index contributed by atoms with van der Waals surface area (Å²) in [5.41, 5.74) is 0.779. The van der Waals surface area contributed by atoms with E-state index in [-0.39, 0.29) is 11.0 Å². The number of nitrogens with zero attached hydrogens (tertiary/aromatic N) is 2. The largest absolute Gasteiger partial charge is 0.497 e. The Morgan fingerprint density at radius 3 is 2.78 bits per heavy atom. The molecule has 1 aromatic carbocycles. The Kier molecular flexibility index (Phi) is 3.83. The lowest BCUT2D eigenvalue weighted by atomic mass is 10.2. The molecular weight excluding hydrogens is 256 g/mol. The highest BCUT2D eigenvalue weighted by molar-refractivity contribution is 7.99. The Balaban J connectivity index is 2.10. The summed E-state index contributed by atoms with van der Waals surface area (Å²) in [7, 11) is 1.59. The van der Waals surface area contributed by atoms with Gasteiger partial charge in [0.05, 0.1) is 7.11 Å². The van der Waals surface area contributed by atoms with Crippen molar-refractivity contribution in [3.63, 3.8) is 0 Å². The fourth-order valence-corrected chi connectivity index (χ4v) is 1.74. The van der Waals surface area contributed by atoms with E-state index >= 15 is 0 Å². The van der Waals surface area contributed by atoms with Crippen LogP contribution >= 0.6 is 11.8 Å². The molecule has 1 aromatic heterocycles. The van der Waals surface area contributed by atoms with Crippen molar-refractivity contribution in [3.05, 3.63) is 24.3 Å². The summed E-state index contributed by atoms with van der Waals surface area (Å²) in [6, 6.07) is 7.18. The summed E-state index contributed by atoms with van der Waals surface area (Å²) in [5, 5.41) is 12.6. The summed E-state index contributed by atoms with van der Waals surface area (Å²) >= 11 is 0.987. The average Bonchev–Trinajstić information content (AvgIpc) is 2.85. The summed E-state index contributed by atoms with van der Waals surface area (Å²) < 4.78 is 9.97. The maximum Gasteiger partial charge on any atom is 0.314 e. The molecule has 0 spiro atoms. The van der Waals surface area contributed by atoms with Gasteiger partial charge in [0, 0.05) is 5.56 Å². The Morgan fingerprint density at radius 1 is 1.44 bits per heavy atom. The number of hydrogen-bond donors (Lipinski definition) is 1. The minimum Gasteiger partial charge on any atom is -0.497 e. The Labute approximate surface area is 107 Å². The van der Waals surface area contributed by atoms with Crippen LogP contribution in [0.15, 0.2) is 34.0 Å². The summed E-state index contributed by atoms with van der Waals surface area (Å²) in [6.07, 6.45) is 0. The van der Waals surface area contributed by atoms with Crippen LogP contribution in [0.25, 0.3) is 11.4 Å². The third-order valence-electron chi connectivity index (χ3n) is 2.07. The lowest BCUT2D eigenvalue weighted by Crippen LogP contribution is -1.97. The molecule has 0 atom stereocenters. The van der Waals surface area contributed by atoms with Crippen LogP contribution in [0.1, 0.15) is 0 Å². The Hall–Kier alpha value is -2.02. The van der Waals surface area contributed by atoms with E-state index in [9.17, 15) is 4.79 Å². The monoisotopic (exact) mass is 266 g/mol. The highest BCUT2D eigenvalue weighted by atomic mass is 32.2. The van der Waals surface area contributed by atoms with Crippen molar-refractivity contribution in [2.24, 2.45) is 0 Å². The van der Waals surface area contributed by atoms with Gasteiger partial charge in [-0.25, -0.2) is 0 Å². The smallest absolute Gasteiger partial charge is 0.314 e. The van der Waals surface area contributed by atoms with Gasteiger partial charge in [-0.3, -0.25) is 4.79 Å². The molecule has 94 valence electrons. The third kappa shape index (κ3) is 3.01. The first-order chi connectivity index (χ1) is 8.69. The molecule has 0 radical (unpaired) electrons. The lowest BCUT2D eigenvalue weighted by molar-refractivity contribution is -0.133. The number of carboxylic acids is 1. The number of hydrogen-bond acceptors (Lipinski definition) is 6. The van der Waals surface area contributed by atoms with Gasteiger partial charge in [0.15, 0.2) is 0 Å². The van der Waals surface area contributed by atoms with Crippen LogP contribution in [0.4, 0.5) is 0 Å². The quantitative estimate of drug-likeness (QED) is 0.827. The zero-order chi connectivity index (χ0) is 13.0. The van der Waals surface area contributed by atoms with Crippen molar-refractivity contribution in [3.8, 4) is 17.1 Å². The average molecular weight is 266 g/mol. The minimum atomic E-state index is -0.927. The van der Waals surface area contributed by atoms with E-state index in [1.807, 2.05) is 0 Å². The van der Waals surface area contributed by atoms with Crippen molar-refractivity contribution in [1.29, 1.82) is 0 Å². The molecule has 0 saturated heterocycles. The number of aromatic nitrogens is 2. The van der Waals surface area contributed by atoms with Crippen LogP contribution < -0.4 is 4.74 Å². The number of aliphatic carboxylic acids is 1. The van der Waals surface area contributed by atoms with Gasteiger partial charge in [0.1, 0.15) is 11.5 Å². The first kappa shape index (κ1) is 12.4. The highest BCUT2D eigenvalue weighted by Crippen LogP contribution is 2.23. The number of benzene rings is 1. The molecule has 2 rings (SSSR count). The summed E-state index contributed by atoms with van der Waals surface area (Å²) in [4.78, 5) is 14.5. The van der Waals surface area contributed by atoms with Crippen molar-refractivity contribution in [1.82, 2.24) is 10.1 Å². The molecule has 0 unspecified atom stereocenters. The van der Waals surface area contributed by atoms with E-state index in [0.29, 0.717) is 5.82 Å². The second-order valence-electron chi connectivity index (χ2n) is 3.29. The summed E-state index contributed by atoms with van der Waals surface area (Å²) in [5.74, 6) is 0.127. The van der Waals surface area contributed by atoms with Crippen molar-refractivity contribution in [2.45, 2.75) is 5.22 Å². The second-order valence-corrected chi connectivity index (χ2v) is 4.22. The molecule has 18 heavy (non-hydrogen) atoms. The molecule has 1 N–H and O–H groups in total. The second kappa shape index (κ2) is 5.54. The van der Waals surface area contributed by atoms with Gasteiger partial charge in [-0.2, -0.15) is 4.98 Å². The maximum absolute atomic E-state index is 10.4. The molecule has 0 saturated carbocycles. The molecule has 7 heteroatoms. The Bertz CT molecular complexity index is 538. The molecular formula is C11H10N2O4S. The molecule has 0 aliphatic heterocycles. The van der Waals surface area contributed by atoms with Crippen LogP contribution in [0.5, 0.6) is 5.75 Å². The van der Waals surface area contributed by atoms with E-state index in [4.69, 9.17) is 14.4 Å². The molecule has 0 bridgehead atoms. The molecule has 1 heterocycles. The van der Waals surface area contributed by atoms with Crippen LogP contribution in [0, 0.1) is 0 Å². The SMILES string of the molecule is COc1ccc(-c2noc(SCC(=O)O)n2)cc1. The molecule has 2 aromatic rings. The van der Waals surface area contributed by atoms with Gasteiger partial charge < -0.3 is 14.4 Å². The van der Waals surface area contributed by atoms with Gasteiger partial charge >= 0.3 is 5.97 Å². The molecule has 0 aliphatic carbocycles. The maximum atomic E-state index is 10.4. The van der Waals surface area contributed by atoms with Gasteiger partial charge in [0.2, 0.25) is 5.82 Å². The molecule has 0 aliphatic rings. The molecule has 0 fully saturated rings. The van der Waals surface area contributed by atoms with Gasteiger partial charge in [-0.15, -0.1) is 0 Å². The Morgan fingerprint density at radius 2 is 2.17 bits per heavy atom. The van der Waals surface area contributed by atoms with Crippen molar-refractivity contribution < 1.29 is 19.2 Å². The van der Waals surface area contributed by atoms with E-state index in [1.54, 1.807) is 31.4 Å². The standard InChI is InChI=1S/C11H10N2O4S/c1-16-8-4-2-7(3-5-8)10-12-11(17-13-10)18-6-9(14)15/h2-5H,6H2,1H3,(H,14,15). The van der Waals surface area contributed by atoms with E-state index in [0.717, 1.165) is 23.1 Å². The first-order valence-corrected chi connectivity index (χ1v) is 6.00. The van der Waals surface area contributed by atoms with E-state index in [2.05, 4.69) is 10.1 Å². The topological polar surface area (TPSA) is 85.5 Å². The fourth-order valence-electron chi connectivity index (χ4n) is 1.25. The molecule has 0 amide bonds. The number of rotatable bonds is 5. The summed E-state index contributed by atoms with van der Waals surface area (Å²) in [6.45, 7) is 0. The van der Waals surface area contributed by atoms with Crippen LogP contribution in [-0.4, -0.2) is 34.1 Å². The van der Waals surface area contributed by atoms with E-state index < -0.39 is 5.97 Å². The highest BCUT2D eigenvalue weighted by Gasteiger charge is 2.10. The van der Waals surface area contributed by atoms with Crippen LogP contribution in [0.3, 0.4) is 0 Å². The van der Waals surface area contributed by atoms with Crippen LogP contribution in [-0.2, 0) is 4.79 Å². The number of thioether (sulfide) groups is 1. The van der Waals surface area contributed by atoms with Gasteiger partial charge in [-0.05, 0) is 24.3 Å². The zero-order valence-electron chi connectivity index (χ0n) is 9.49. The van der Waals surface area contributed by atoms with E-state index in [1.165, 1.54) is 0 Å². The predicted molar refractivity (Wildman–Crippen MR) is 64.6 cm³/mol. The zero-order valence-corrected chi connectivity index (χ0v) is 10.3. The van der Waals surface area contributed by atoms with Crippen molar-refractivity contribution >= 4 is 17.7 Å². The first-order valence-electron chi connectivity index (χ1n) is 5.02. The fraction of sp³-hybridized carbons (Fsp3) is 0.182. The van der Waals surface area contributed by atoms with Crippen molar-refractivity contribution in [2.75, 3.05) is 12.9 Å². The third-order valence-corrected chi connectivity index (χ3v) is 2.88. The minimum absolute atomic E-state index is 0.107. The number of carboxylic acid groups (broad SMARTS) is 1. The number of ether oxygens (including phenoxy) is 1. The predicted octanol–water partition coefficient (Wildman–Crippen LogP) is 1.92. The van der Waals surface area contributed by atoms with Gasteiger partial charge in [0.25, 0.3) is 5.22 Å². The lowest BCUT2D eigenvalue weighted by Gasteiger charge is -1.98. The number of methoxy groups -OCH3 is 1. The normalized spacial score (nSPS) is 10.3.